The van der Waals surface area contributed by atoms with Gasteiger partial charge < -0.3 is 10.2 Å². The van der Waals surface area contributed by atoms with Crippen LogP contribution in [0.5, 0.6) is 0 Å². The molecule has 118 valence electrons. The molecule has 2 aromatic rings. The zero-order valence-electron chi connectivity index (χ0n) is 11.7. The first kappa shape index (κ1) is 15.1. The van der Waals surface area contributed by atoms with Gasteiger partial charge in [-0.15, -0.1) is 0 Å². The first-order valence-electron chi connectivity index (χ1n) is 6.78. The number of rotatable bonds is 3. The van der Waals surface area contributed by atoms with E-state index in [1.54, 1.807) is 0 Å². The summed E-state index contributed by atoms with van der Waals surface area (Å²) in [6.07, 6.45) is -0.765. The van der Waals surface area contributed by atoms with Gasteiger partial charge in [-0.25, -0.2) is 13.2 Å². The maximum Gasteiger partial charge on any atom is 0.268 e. The lowest BCUT2D eigenvalue weighted by molar-refractivity contribution is -0.125. The summed E-state index contributed by atoms with van der Waals surface area (Å²) in [7, 11) is 0. The zero-order valence-corrected chi connectivity index (χ0v) is 11.7. The Morgan fingerprint density at radius 1 is 1.09 bits per heavy atom. The fourth-order valence-corrected chi connectivity index (χ4v) is 2.15. The van der Waals surface area contributed by atoms with Crippen molar-refractivity contribution in [3.8, 4) is 0 Å². The maximum atomic E-state index is 13.6. The quantitative estimate of drug-likeness (QED) is 0.883. The van der Waals surface area contributed by atoms with Crippen molar-refractivity contribution >= 4 is 17.3 Å². The van der Waals surface area contributed by atoms with Crippen molar-refractivity contribution in [2.45, 2.75) is 12.5 Å². The number of oxime groups is 1. The smallest absolute Gasteiger partial charge is 0.268 e. The van der Waals surface area contributed by atoms with Crippen molar-refractivity contribution in [1.82, 2.24) is 0 Å². The van der Waals surface area contributed by atoms with Gasteiger partial charge in [-0.1, -0.05) is 35.5 Å². The van der Waals surface area contributed by atoms with Crippen molar-refractivity contribution in [1.29, 1.82) is 0 Å². The van der Waals surface area contributed by atoms with Crippen molar-refractivity contribution in [3.05, 3.63) is 65.5 Å². The summed E-state index contributed by atoms with van der Waals surface area (Å²) >= 11 is 0. The molecule has 1 N–H and O–H groups in total. The van der Waals surface area contributed by atoms with Crippen LogP contribution in [0.1, 0.15) is 12.0 Å². The predicted molar refractivity (Wildman–Crippen MR) is 77.4 cm³/mol. The van der Waals surface area contributed by atoms with Crippen LogP contribution in [0, 0.1) is 17.5 Å². The van der Waals surface area contributed by atoms with E-state index in [0.717, 1.165) is 17.7 Å². The molecule has 0 bridgehead atoms. The van der Waals surface area contributed by atoms with E-state index in [-0.39, 0.29) is 6.42 Å². The third-order valence-electron chi connectivity index (χ3n) is 3.36. The van der Waals surface area contributed by atoms with Crippen LogP contribution in [0.15, 0.2) is 47.6 Å². The van der Waals surface area contributed by atoms with Gasteiger partial charge in [0, 0.05) is 6.42 Å². The summed E-state index contributed by atoms with van der Waals surface area (Å²) in [5.74, 6) is -5.12. The molecule has 0 saturated carbocycles. The molecule has 1 amide bonds. The Labute approximate surface area is 129 Å². The molecule has 3 rings (SSSR count). The number of nitrogens with zero attached hydrogens (tertiary/aromatic N) is 1. The van der Waals surface area contributed by atoms with Crippen LogP contribution >= 0.6 is 0 Å². The summed E-state index contributed by atoms with van der Waals surface area (Å²) in [5.41, 5.74) is 0.934. The Bertz CT molecular complexity index is 778. The minimum Gasteiger partial charge on any atom is -0.382 e. The number of nitrogens with one attached hydrogen (secondary N) is 1. The number of carbonyl (C=O) groups excluding carboxylic acids is 1. The van der Waals surface area contributed by atoms with Crippen LogP contribution < -0.4 is 5.32 Å². The predicted octanol–water partition coefficient (Wildman–Crippen LogP) is 3.24. The zero-order chi connectivity index (χ0) is 16.4. The Kier molecular flexibility index (Phi) is 4.01. The molecule has 0 aromatic heterocycles. The minimum atomic E-state index is -1.64. The average Bonchev–Trinajstić information content (AvgIpc) is 3.06. The number of hydrogen-bond donors (Lipinski definition) is 1. The van der Waals surface area contributed by atoms with Crippen molar-refractivity contribution < 1.29 is 22.8 Å². The second-order valence-electron chi connectivity index (χ2n) is 4.91. The SMILES string of the molecule is O=C(Nc1ccc(F)c(F)c1F)[C@@H]1CC(c2ccccc2)=NO1. The van der Waals surface area contributed by atoms with Crippen LogP contribution in [0.2, 0.25) is 0 Å². The van der Waals surface area contributed by atoms with E-state index in [1.807, 2.05) is 30.3 Å². The normalized spacial score (nSPS) is 16.7. The Morgan fingerprint density at radius 2 is 1.83 bits per heavy atom. The highest BCUT2D eigenvalue weighted by molar-refractivity contribution is 6.06. The lowest BCUT2D eigenvalue weighted by Gasteiger charge is -2.10. The van der Waals surface area contributed by atoms with Crippen LogP contribution in [-0.4, -0.2) is 17.7 Å². The van der Waals surface area contributed by atoms with Crippen molar-refractivity contribution in [3.63, 3.8) is 0 Å². The third-order valence-corrected chi connectivity index (χ3v) is 3.36. The fourth-order valence-electron chi connectivity index (χ4n) is 2.15. The molecule has 0 spiro atoms. The van der Waals surface area contributed by atoms with Gasteiger partial charge in [-0.2, -0.15) is 0 Å². The van der Waals surface area contributed by atoms with E-state index in [4.69, 9.17) is 4.84 Å². The summed E-state index contributed by atoms with van der Waals surface area (Å²) in [6, 6.07) is 10.8. The van der Waals surface area contributed by atoms with Gasteiger partial charge in [0.1, 0.15) is 0 Å². The molecule has 0 unspecified atom stereocenters. The van der Waals surface area contributed by atoms with Crippen molar-refractivity contribution in [2.75, 3.05) is 5.32 Å². The fraction of sp³-hybridized carbons (Fsp3) is 0.125. The Hall–Kier alpha value is -2.83. The van der Waals surface area contributed by atoms with Gasteiger partial charge in [0.15, 0.2) is 17.5 Å². The number of halogens is 3. The third kappa shape index (κ3) is 3.03. The second-order valence-corrected chi connectivity index (χ2v) is 4.91. The largest absolute Gasteiger partial charge is 0.382 e. The molecule has 1 aliphatic rings. The number of benzene rings is 2. The molecule has 0 aliphatic carbocycles. The molecule has 1 aliphatic heterocycles. The molecule has 1 heterocycles. The Morgan fingerprint density at radius 3 is 2.57 bits per heavy atom. The average molecular weight is 320 g/mol. The molecule has 0 saturated heterocycles. The molecular weight excluding hydrogens is 309 g/mol. The highest BCUT2D eigenvalue weighted by atomic mass is 19.2. The highest BCUT2D eigenvalue weighted by Gasteiger charge is 2.29. The Balaban J connectivity index is 1.68. The summed E-state index contributed by atoms with van der Waals surface area (Å²) < 4.78 is 39.6. The van der Waals surface area contributed by atoms with Gasteiger partial charge in [0.05, 0.1) is 11.4 Å². The summed E-state index contributed by atoms with van der Waals surface area (Å²) in [6.45, 7) is 0. The molecule has 1 atom stereocenters. The summed E-state index contributed by atoms with van der Waals surface area (Å²) in [4.78, 5) is 17.1. The van der Waals surface area contributed by atoms with Gasteiger partial charge in [-0.05, 0) is 17.7 Å². The van der Waals surface area contributed by atoms with E-state index in [0.29, 0.717) is 5.71 Å². The minimum absolute atomic E-state index is 0.196. The first-order valence-corrected chi connectivity index (χ1v) is 6.78. The standard InChI is InChI=1S/C16H11F3N2O2/c17-10-6-7-11(15(19)14(10)18)20-16(22)13-8-12(21-23-13)9-4-2-1-3-5-9/h1-7,13H,8H2,(H,20,22)/t13-/m0/s1. The van der Waals surface area contributed by atoms with E-state index in [2.05, 4.69) is 10.5 Å². The van der Waals surface area contributed by atoms with Crippen LogP contribution in [0.3, 0.4) is 0 Å². The van der Waals surface area contributed by atoms with Gasteiger partial charge in [0.25, 0.3) is 5.91 Å². The van der Waals surface area contributed by atoms with E-state index in [9.17, 15) is 18.0 Å². The monoisotopic (exact) mass is 320 g/mol. The van der Waals surface area contributed by atoms with Gasteiger partial charge in [-0.3, -0.25) is 4.79 Å². The second kappa shape index (κ2) is 6.12. The molecule has 7 heteroatoms. The molecule has 0 radical (unpaired) electrons. The number of anilines is 1. The van der Waals surface area contributed by atoms with Crippen LogP contribution in [-0.2, 0) is 9.63 Å². The maximum absolute atomic E-state index is 13.6. The number of carbonyl (C=O) groups is 1. The lowest BCUT2D eigenvalue weighted by Crippen LogP contribution is -2.28. The molecule has 23 heavy (non-hydrogen) atoms. The van der Waals surface area contributed by atoms with E-state index in [1.165, 1.54) is 0 Å². The highest BCUT2D eigenvalue weighted by Crippen LogP contribution is 2.22. The first-order chi connectivity index (χ1) is 11.1. The molecule has 0 fully saturated rings. The van der Waals surface area contributed by atoms with Gasteiger partial charge in [0.2, 0.25) is 6.10 Å². The molecule has 2 aromatic carbocycles. The van der Waals surface area contributed by atoms with E-state index < -0.39 is 35.2 Å². The summed E-state index contributed by atoms with van der Waals surface area (Å²) in [5, 5.41) is 6.01. The number of amides is 1. The topological polar surface area (TPSA) is 50.7 Å². The van der Waals surface area contributed by atoms with Crippen molar-refractivity contribution in [2.24, 2.45) is 5.16 Å². The van der Waals surface area contributed by atoms with E-state index >= 15 is 0 Å². The number of hydrogen-bond acceptors (Lipinski definition) is 3. The molecular formula is C16H11F3N2O2. The van der Waals surface area contributed by atoms with Crippen LogP contribution in [0.25, 0.3) is 0 Å². The van der Waals surface area contributed by atoms with Gasteiger partial charge >= 0.3 is 0 Å². The lowest BCUT2D eigenvalue weighted by atomic mass is 10.0. The van der Waals surface area contributed by atoms with Crippen LogP contribution in [0.4, 0.5) is 18.9 Å². The molecule has 4 nitrogen and oxygen atoms in total.